The van der Waals surface area contributed by atoms with Crippen LogP contribution in [0, 0.1) is 0 Å². The molecule has 4 rings (SSSR count). The summed E-state index contributed by atoms with van der Waals surface area (Å²) in [7, 11) is 0. The predicted molar refractivity (Wildman–Crippen MR) is 103 cm³/mol. The molecular weight excluding hydrogens is 356 g/mol. The van der Waals surface area contributed by atoms with Gasteiger partial charge in [-0.2, -0.15) is 0 Å². The number of carbonyl (C=O) groups excluding carboxylic acids is 1. The van der Waals surface area contributed by atoms with Gasteiger partial charge in [0.1, 0.15) is 12.4 Å². The molecule has 2 aliphatic heterocycles. The van der Waals surface area contributed by atoms with E-state index < -0.39 is 0 Å². The number of hydrogen-bond donors (Lipinski definition) is 2. The highest BCUT2D eigenvalue weighted by atomic mass is 35.5. The second kappa shape index (κ2) is 8.21. The maximum atomic E-state index is 12.5. The molecule has 2 N–H and O–H groups in total. The molecule has 134 valence electrons. The molecule has 2 fully saturated rings. The van der Waals surface area contributed by atoms with Crippen molar-refractivity contribution < 1.29 is 9.53 Å². The molecule has 6 heteroatoms. The molecule has 0 saturated carbocycles. The maximum absolute atomic E-state index is 12.5. The molecule has 0 spiro atoms. The Balaban J connectivity index is 0.00000182. The first-order valence-corrected chi connectivity index (χ1v) is 9.46. The Kier molecular flexibility index (Phi) is 5.99. The SMILES string of the molecule is Cl.O=C(NC1CC2CCC(C1)N2)c1cccc(OCc2cccs2)c1. The van der Waals surface area contributed by atoms with Crippen LogP contribution in [0.3, 0.4) is 0 Å². The topological polar surface area (TPSA) is 50.4 Å². The number of carbonyl (C=O) groups is 1. The van der Waals surface area contributed by atoms with Crippen LogP contribution in [0.25, 0.3) is 0 Å². The van der Waals surface area contributed by atoms with Crippen molar-refractivity contribution in [3.8, 4) is 5.75 Å². The minimum atomic E-state index is 0. The normalized spacial score (nSPS) is 24.4. The van der Waals surface area contributed by atoms with Gasteiger partial charge in [0, 0.05) is 28.6 Å². The quantitative estimate of drug-likeness (QED) is 0.832. The van der Waals surface area contributed by atoms with Gasteiger partial charge in [0.25, 0.3) is 5.91 Å². The third-order valence-electron chi connectivity index (χ3n) is 4.87. The number of benzene rings is 1. The van der Waals surface area contributed by atoms with Crippen LogP contribution in [0.2, 0.25) is 0 Å². The largest absolute Gasteiger partial charge is 0.488 e. The number of amides is 1. The third-order valence-corrected chi connectivity index (χ3v) is 5.72. The molecule has 2 saturated heterocycles. The lowest BCUT2D eigenvalue weighted by molar-refractivity contribution is 0.0923. The molecule has 4 nitrogen and oxygen atoms in total. The number of thiophene rings is 1. The first kappa shape index (κ1) is 18.2. The molecule has 0 radical (unpaired) electrons. The van der Waals surface area contributed by atoms with E-state index >= 15 is 0 Å². The van der Waals surface area contributed by atoms with Crippen molar-refractivity contribution in [2.24, 2.45) is 0 Å². The molecule has 2 unspecified atom stereocenters. The minimum absolute atomic E-state index is 0. The number of hydrogen-bond acceptors (Lipinski definition) is 4. The van der Waals surface area contributed by atoms with Gasteiger partial charge >= 0.3 is 0 Å². The van der Waals surface area contributed by atoms with E-state index in [4.69, 9.17) is 4.74 Å². The Bertz CT molecular complexity index is 695. The summed E-state index contributed by atoms with van der Waals surface area (Å²) in [4.78, 5) is 13.7. The lowest BCUT2D eigenvalue weighted by Gasteiger charge is -2.29. The van der Waals surface area contributed by atoms with E-state index in [1.807, 2.05) is 41.8 Å². The van der Waals surface area contributed by atoms with Crippen molar-refractivity contribution in [1.29, 1.82) is 0 Å². The van der Waals surface area contributed by atoms with E-state index in [1.165, 1.54) is 17.7 Å². The van der Waals surface area contributed by atoms with E-state index in [-0.39, 0.29) is 24.4 Å². The van der Waals surface area contributed by atoms with Crippen molar-refractivity contribution in [3.63, 3.8) is 0 Å². The first-order valence-electron chi connectivity index (χ1n) is 8.58. The standard InChI is InChI=1S/C19H22N2O2S.ClH/c22-19(21-16-10-14-6-7-15(11-16)20-14)13-3-1-4-17(9-13)23-12-18-5-2-8-24-18;/h1-5,8-9,14-16,20H,6-7,10-12H2,(H,21,22);1H. The highest BCUT2D eigenvalue weighted by Gasteiger charge is 2.34. The zero-order valence-corrected chi connectivity index (χ0v) is 15.6. The number of ether oxygens (including phenoxy) is 1. The maximum Gasteiger partial charge on any atom is 0.251 e. The fraction of sp³-hybridized carbons (Fsp3) is 0.421. The molecule has 1 aromatic carbocycles. The average Bonchev–Trinajstić information content (AvgIpc) is 3.23. The van der Waals surface area contributed by atoms with Gasteiger partial charge in [-0.25, -0.2) is 0 Å². The van der Waals surface area contributed by atoms with Crippen LogP contribution in [0.4, 0.5) is 0 Å². The van der Waals surface area contributed by atoms with Gasteiger partial charge in [-0.05, 0) is 55.3 Å². The molecule has 25 heavy (non-hydrogen) atoms. The summed E-state index contributed by atoms with van der Waals surface area (Å²) in [5.74, 6) is 0.740. The molecule has 2 aliphatic rings. The van der Waals surface area contributed by atoms with Gasteiger partial charge in [-0.1, -0.05) is 12.1 Å². The third kappa shape index (κ3) is 4.54. The van der Waals surface area contributed by atoms with E-state index in [0.29, 0.717) is 24.3 Å². The Morgan fingerprint density at radius 3 is 2.72 bits per heavy atom. The first-order chi connectivity index (χ1) is 11.8. The minimum Gasteiger partial charge on any atom is -0.488 e. The molecule has 3 heterocycles. The fourth-order valence-electron chi connectivity index (χ4n) is 3.72. The summed E-state index contributed by atoms with van der Waals surface area (Å²) in [6.45, 7) is 0.542. The van der Waals surface area contributed by atoms with Crippen LogP contribution in [0.15, 0.2) is 41.8 Å². The Morgan fingerprint density at radius 1 is 1.20 bits per heavy atom. The van der Waals surface area contributed by atoms with Crippen LogP contribution in [-0.2, 0) is 6.61 Å². The Labute approximate surface area is 158 Å². The van der Waals surface area contributed by atoms with Crippen molar-refractivity contribution in [3.05, 3.63) is 52.2 Å². The summed E-state index contributed by atoms with van der Waals surface area (Å²) in [6, 6.07) is 13.0. The summed E-state index contributed by atoms with van der Waals surface area (Å²) < 4.78 is 5.80. The predicted octanol–water partition coefficient (Wildman–Crippen LogP) is 3.76. The van der Waals surface area contributed by atoms with Crippen molar-refractivity contribution >= 4 is 29.7 Å². The number of halogens is 1. The molecule has 1 aromatic heterocycles. The van der Waals surface area contributed by atoms with Gasteiger partial charge in [-0.3, -0.25) is 4.79 Å². The van der Waals surface area contributed by atoms with Gasteiger partial charge in [0.05, 0.1) is 0 Å². The van der Waals surface area contributed by atoms with Gasteiger partial charge in [-0.15, -0.1) is 23.7 Å². The Hall–Kier alpha value is -1.56. The molecule has 2 bridgehead atoms. The number of piperidine rings is 1. The summed E-state index contributed by atoms with van der Waals surface area (Å²) in [5, 5.41) is 8.84. The summed E-state index contributed by atoms with van der Waals surface area (Å²) >= 11 is 1.67. The zero-order chi connectivity index (χ0) is 16.4. The second-order valence-electron chi connectivity index (χ2n) is 6.68. The number of nitrogens with one attached hydrogen (secondary N) is 2. The van der Waals surface area contributed by atoms with Crippen LogP contribution in [0.1, 0.15) is 40.9 Å². The van der Waals surface area contributed by atoms with Crippen LogP contribution < -0.4 is 15.4 Å². The van der Waals surface area contributed by atoms with E-state index in [2.05, 4.69) is 10.6 Å². The molecule has 2 aromatic rings. The summed E-state index contributed by atoms with van der Waals surface area (Å²) in [5.41, 5.74) is 0.671. The smallest absolute Gasteiger partial charge is 0.251 e. The fourth-order valence-corrected chi connectivity index (χ4v) is 4.34. The van der Waals surface area contributed by atoms with Crippen molar-refractivity contribution in [1.82, 2.24) is 10.6 Å². The van der Waals surface area contributed by atoms with Crippen LogP contribution in [-0.4, -0.2) is 24.0 Å². The van der Waals surface area contributed by atoms with Crippen LogP contribution >= 0.6 is 23.7 Å². The monoisotopic (exact) mass is 378 g/mol. The summed E-state index contributed by atoms with van der Waals surface area (Å²) in [6.07, 6.45) is 4.56. The average molecular weight is 379 g/mol. The van der Waals surface area contributed by atoms with Crippen molar-refractivity contribution in [2.45, 2.75) is 50.4 Å². The molecule has 0 aliphatic carbocycles. The number of fused-ring (bicyclic) bond motifs is 2. The van der Waals surface area contributed by atoms with E-state index in [0.717, 1.165) is 18.6 Å². The number of rotatable bonds is 5. The Morgan fingerprint density at radius 2 is 2.00 bits per heavy atom. The highest BCUT2D eigenvalue weighted by Crippen LogP contribution is 2.27. The van der Waals surface area contributed by atoms with Crippen LogP contribution in [0.5, 0.6) is 5.75 Å². The van der Waals surface area contributed by atoms with Gasteiger partial charge in [0.15, 0.2) is 0 Å². The molecular formula is C19H23ClN2O2S. The highest BCUT2D eigenvalue weighted by molar-refractivity contribution is 7.09. The van der Waals surface area contributed by atoms with E-state index in [1.54, 1.807) is 11.3 Å². The molecule has 2 atom stereocenters. The lowest BCUT2D eigenvalue weighted by Crippen LogP contribution is -2.48. The zero-order valence-electron chi connectivity index (χ0n) is 13.9. The lowest BCUT2D eigenvalue weighted by atomic mass is 9.99. The van der Waals surface area contributed by atoms with Gasteiger partial charge < -0.3 is 15.4 Å². The van der Waals surface area contributed by atoms with Crippen molar-refractivity contribution in [2.75, 3.05) is 0 Å². The second-order valence-corrected chi connectivity index (χ2v) is 7.71. The van der Waals surface area contributed by atoms with E-state index in [9.17, 15) is 4.79 Å². The van der Waals surface area contributed by atoms with Gasteiger partial charge in [0.2, 0.25) is 0 Å². The molecule has 1 amide bonds.